The maximum atomic E-state index is 5.73. The summed E-state index contributed by atoms with van der Waals surface area (Å²) in [5.74, 6) is 0. The summed E-state index contributed by atoms with van der Waals surface area (Å²) in [7, 11) is 1.80. The molecule has 0 fully saturated rings. The van der Waals surface area contributed by atoms with E-state index in [1.807, 2.05) is 18.2 Å². The van der Waals surface area contributed by atoms with Gasteiger partial charge in [0.05, 0.1) is 10.9 Å². The van der Waals surface area contributed by atoms with Crippen LogP contribution in [0.25, 0.3) is 0 Å². The molecule has 0 spiro atoms. The zero-order valence-electron chi connectivity index (χ0n) is 8.82. The van der Waals surface area contributed by atoms with E-state index >= 15 is 0 Å². The lowest BCUT2D eigenvalue weighted by atomic mass is 10.3. The topological polar surface area (TPSA) is 82.5 Å². The van der Waals surface area contributed by atoms with Gasteiger partial charge in [-0.25, -0.2) is 4.68 Å². The van der Waals surface area contributed by atoms with Crippen LogP contribution >= 0.6 is 11.8 Å². The molecule has 0 aliphatic carbocycles. The van der Waals surface area contributed by atoms with Gasteiger partial charge in [0.25, 0.3) is 0 Å². The number of nitrogens with zero attached hydrogens (tertiary/aromatic N) is 5. The van der Waals surface area contributed by atoms with Gasteiger partial charge in [-0.15, -0.1) is 5.10 Å². The second-order valence-corrected chi connectivity index (χ2v) is 4.35. The Morgan fingerprint density at radius 2 is 2.38 bits per heavy atom. The fourth-order valence-corrected chi connectivity index (χ4v) is 2.13. The monoisotopic (exact) mass is 236 g/mol. The Hall–Kier alpha value is -1.47. The Balaban J connectivity index is 2.16. The average molecular weight is 236 g/mol. The van der Waals surface area contributed by atoms with Crippen LogP contribution in [-0.4, -0.2) is 31.7 Å². The highest BCUT2D eigenvalue weighted by Gasteiger charge is 2.15. The molecule has 0 amide bonds. The zero-order chi connectivity index (χ0) is 11.4. The molecule has 6 nitrogen and oxygen atoms in total. The molecule has 0 saturated carbocycles. The van der Waals surface area contributed by atoms with Crippen molar-refractivity contribution in [2.45, 2.75) is 10.4 Å². The standard InChI is InChI=1S/C9H12N6S/c1-15-9(12-13-14-15)16-8(6-10)7-4-2-3-5-11-7/h2-5,8H,6,10H2,1H3. The van der Waals surface area contributed by atoms with Crippen LogP contribution in [0, 0.1) is 0 Å². The lowest BCUT2D eigenvalue weighted by Gasteiger charge is -2.11. The van der Waals surface area contributed by atoms with Crippen molar-refractivity contribution in [3.8, 4) is 0 Å². The molecule has 2 aromatic heterocycles. The first kappa shape index (κ1) is 11.0. The molecule has 0 radical (unpaired) electrons. The highest BCUT2D eigenvalue weighted by Crippen LogP contribution is 2.30. The highest BCUT2D eigenvalue weighted by atomic mass is 32.2. The van der Waals surface area contributed by atoms with Gasteiger partial charge in [0.2, 0.25) is 5.16 Å². The van der Waals surface area contributed by atoms with Crippen LogP contribution < -0.4 is 5.73 Å². The first-order valence-corrected chi connectivity index (χ1v) is 5.69. The van der Waals surface area contributed by atoms with E-state index in [2.05, 4.69) is 20.5 Å². The van der Waals surface area contributed by atoms with Gasteiger partial charge >= 0.3 is 0 Å². The molecular formula is C9H12N6S. The molecule has 0 saturated heterocycles. The third-order valence-electron chi connectivity index (χ3n) is 2.06. The summed E-state index contributed by atoms with van der Waals surface area (Å²) in [6.07, 6.45) is 1.76. The molecule has 2 N–H and O–H groups in total. The summed E-state index contributed by atoms with van der Waals surface area (Å²) in [6.45, 7) is 0.495. The summed E-state index contributed by atoms with van der Waals surface area (Å²) in [5.41, 5.74) is 6.68. The summed E-state index contributed by atoms with van der Waals surface area (Å²) >= 11 is 1.51. The van der Waals surface area contributed by atoms with Gasteiger partial charge in [0.15, 0.2) is 0 Å². The molecule has 1 unspecified atom stereocenters. The molecule has 84 valence electrons. The summed E-state index contributed by atoms with van der Waals surface area (Å²) in [4.78, 5) is 4.28. The Labute approximate surface area is 97.2 Å². The lowest BCUT2D eigenvalue weighted by Crippen LogP contribution is -2.11. The van der Waals surface area contributed by atoms with Crippen molar-refractivity contribution in [1.29, 1.82) is 0 Å². The molecule has 7 heteroatoms. The summed E-state index contributed by atoms with van der Waals surface area (Å²) < 4.78 is 1.62. The maximum absolute atomic E-state index is 5.73. The Kier molecular flexibility index (Phi) is 3.47. The largest absolute Gasteiger partial charge is 0.329 e. The molecule has 16 heavy (non-hydrogen) atoms. The average Bonchev–Trinajstić information content (AvgIpc) is 2.73. The number of nitrogens with two attached hydrogens (primary N) is 1. The minimum absolute atomic E-state index is 0.0749. The number of pyridine rings is 1. The number of hydrogen-bond donors (Lipinski definition) is 1. The fraction of sp³-hybridized carbons (Fsp3) is 0.333. The van der Waals surface area contributed by atoms with E-state index in [0.717, 1.165) is 10.9 Å². The second-order valence-electron chi connectivity index (χ2n) is 3.18. The predicted molar refractivity (Wildman–Crippen MR) is 60.7 cm³/mol. The molecule has 0 aliphatic heterocycles. The highest BCUT2D eigenvalue weighted by molar-refractivity contribution is 7.99. The van der Waals surface area contributed by atoms with Gasteiger partial charge in [-0.3, -0.25) is 4.98 Å². The minimum Gasteiger partial charge on any atom is -0.329 e. The zero-order valence-corrected chi connectivity index (χ0v) is 9.63. The summed E-state index contributed by atoms with van der Waals surface area (Å²) in [5, 5.41) is 12.1. The van der Waals surface area contributed by atoms with Gasteiger partial charge < -0.3 is 5.73 Å². The Bertz CT molecular complexity index is 442. The third kappa shape index (κ3) is 2.37. The van der Waals surface area contributed by atoms with Crippen molar-refractivity contribution >= 4 is 11.8 Å². The second kappa shape index (κ2) is 5.04. The summed E-state index contributed by atoms with van der Waals surface area (Å²) in [6, 6.07) is 5.78. The Morgan fingerprint density at radius 3 is 2.94 bits per heavy atom. The molecule has 2 aromatic rings. The van der Waals surface area contributed by atoms with Gasteiger partial charge in [-0.2, -0.15) is 0 Å². The van der Waals surface area contributed by atoms with Crippen LogP contribution in [0.2, 0.25) is 0 Å². The van der Waals surface area contributed by atoms with Crippen molar-refractivity contribution in [2.75, 3.05) is 6.54 Å². The molecule has 1 atom stereocenters. The smallest absolute Gasteiger partial charge is 0.209 e. The minimum atomic E-state index is 0.0749. The van der Waals surface area contributed by atoms with Gasteiger partial charge in [-0.05, 0) is 22.6 Å². The first-order chi connectivity index (χ1) is 7.81. The van der Waals surface area contributed by atoms with E-state index in [1.54, 1.807) is 17.9 Å². The van der Waals surface area contributed by atoms with Crippen LogP contribution in [-0.2, 0) is 7.05 Å². The fourth-order valence-electron chi connectivity index (χ4n) is 1.24. The van der Waals surface area contributed by atoms with Crippen molar-refractivity contribution in [3.05, 3.63) is 30.1 Å². The molecule has 0 bridgehead atoms. The van der Waals surface area contributed by atoms with Crippen molar-refractivity contribution in [1.82, 2.24) is 25.2 Å². The van der Waals surface area contributed by atoms with E-state index in [1.165, 1.54) is 11.8 Å². The van der Waals surface area contributed by atoms with Crippen LogP contribution in [0.15, 0.2) is 29.6 Å². The number of hydrogen-bond acceptors (Lipinski definition) is 6. The van der Waals surface area contributed by atoms with Crippen molar-refractivity contribution < 1.29 is 0 Å². The molecule has 0 aromatic carbocycles. The Morgan fingerprint density at radius 1 is 1.50 bits per heavy atom. The SMILES string of the molecule is Cn1nnnc1SC(CN)c1ccccn1. The van der Waals surface area contributed by atoms with E-state index in [4.69, 9.17) is 5.73 Å². The molecule has 0 aliphatic rings. The predicted octanol–water partition coefficient (Wildman–Crippen LogP) is 0.397. The van der Waals surface area contributed by atoms with Crippen LogP contribution in [0.4, 0.5) is 0 Å². The van der Waals surface area contributed by atoms with Crippen LogP contribution in [0.1, 0.15) is 10.9 Å². The normalized spacial score (nSPS) is 12.6. The molecular weight excluding hydrogens is 224 g/mol. The van der Waals surface area contributed by atoms with Gasteiger partial charge in [0, 0.05) is 19.8 Å². The van der Waals surface area contributed by atoms with Crippen molar-refractivity contribution in [2.24, 2.45) is 12.8 Å². The number of aryl methyl sites for hydroxylation is 1. The quantitative estimate of drug-likeness (QED) is 0.774. The van der Waals surface area contributed by atoms with E-state index in [9.17, 15) is 0 Å². The molecule has 2 heterocycles. The van der Waals surface area contributed by atoms with Crippen LogP contribution in [0.5, 0.6) is 0 Å². The first-order valence-electron chi connectivity index (χ1n) is 4.81. The van der Waals surface area contributed by atoms with Crippen molar-refractivity contribution in [3.63, 3.8) is 0 Å². The van der Waals surface area contributed by atoms with Crippen LogP contribution in [0.3, 0.4) is 0 Å². The van der Waals surface area contributed by atoms with E-state index in [0.29, 0.717) is 6.54 Å². The van der Waals surface area contributed by atoms with Gasteiger partial charge in [-0.1, -0.05) is 17.8 Å². The van der Waals surface area contributed by atoms with E-state index < -0.39 is 0 Å². The van der Waals surface area contributed by atoms with Gasteiger partial charge in [0.1, 0.15) is 0 Å². The number of thioether (sulfide) groups is 1. The lowest BCUT2D eigenvalue weighted by molar-refractivity contribution is 0.662. The number of rotatable bonds is 4. The maximum Gasteiger partial charge on any atom is 0.209 e. The number of aromatic nitrogens is 5. The molecule has 2 rings (SSSR count). The number of tetrazole rings is 1. The van der Waals surface area contributed by atoms with E-state index in [-0.39, 0.29) is 5.25 Å². The third-order valence-corrected chi connectivity index (χ3v) is 3.34.